The minimum atomic E-state index is -0.792. The summed E-state index contributed by atoms with van der Waals surface area (Å²) < 4.78 is 5.88. The number of hydrogen-bond donors (Lipinski definition) is 2. The van der Waals surface area contributed by atoms with Gasteiger partial charge in [0.25, 0.3) is 0 Å². The van der Waals surface area contributed by atoms with Gasteiger partial charge >= 0.3 is 0 Å². The molecule has 1 saturated heterocycles. The van der Waals surface area contributed by atoms with Gasteiger partial charge in [-0.15, -0.1) is 0 Å². The molecule has 1 fully saturated rings. The van der Waals surface area contributed by atoms with Crippen LogP contribution in [0.3, 0.4) is 0 Å². The summed E-state index contributed by atoms with van der Waals surface area (Å²) in [6.45, 7) is 18.3. The number of benzene rings is 2. The number of phenolic OH excluding ortho intramolecular Hbond substituents is 1. The van der Waals surface area contributed by atoms with E-state index in [1.165, 1.54) is 16.7 Å². The van der Waals surface area contributed by atoms with E-state index in [0.717, 1.165) is 49.2 Å². The van der Waals surface area contributed by atoms with Crippen molar-refractivity contribution in [2.75, 3.05) is 26.2 Å². The van der Waals surface area contributed by atoms with Gasteiger partial charge in [-0.3, -0.25) is 14.8 Å². The van der Waals surface area contributed by atoms with Crippen LogP contribution in [-0.4, -0.2) is 58.4 Å². The molecule has 0 spiro atoms. The molecule has 4 rings (SSSR count). The molecule has 39 heavy (non-hydrogen) atoms. The van der Waals surface area contributed by atoms with E-state index in [-0.39, 0.29) is 11.8 Å². The van der Waals surface area contributed by atoms with E-state index < -0.39 is 6.23 Å². The summed E-state index contributed by atoms with van der Waals surface area (Å²) in [6.07, 6.45) is 2.31. The first-order valence-electron chi connectivity index (χ1n) is 14.3. The van der Waals surface area contributed by atoms with Crippen LogP contribution in [0, 0.1) is 19.8 Å². The van der Waals surface area contributed by atoms with Crippen molar-refractivity contribution in [3.63, 3.8) is 0 Å². The molecule has 1 aromatic heterocycles. The van der Waals surface area contributed by atoms with Crippen molar-refractivity contribution in [1.29, 1.82) is 0 Å². The lowest BCUT2D eigenvalue weighted by molar-refractivity contribution is -0.0551. The first kappa shape index (κ1) is 29.1. The molecule has 0 aliphatic carbocycles. The van der Waals surface area contributed by atoms with E-state index in [1.807, 2.05) is 6.92 Å². The maximum atomic E-state index is 11.4. The molecule has 2 heterocycles. The van der Waals surface area contributed by atoms with Gasteiger partial charge in [-0.05, 0) is 69.7 Å². The number of aliphatic hydroxyl groups excluding tert-OH is 1. The number of phenols is 1. The fourth-order valence-corrected chi connectivity index (χ4v) is 5.56. The fraction of sp³-hybridized carbons (Fsp3) is 0.485. The Hall–Kier alpha value is -2.93. The fourth-order valence-electron chi connectivity index (χ4n) is 5.56. The minimum Gasteiger partial charge on any atom is -0.508 e. The molecular weight excluding hydrogens is 486 g/mol. The minimum absolute atomic E-state index is 0.142. The number of nitrogens with zero attached hydrogens (tertiary/aromatic N) is 3. The van der Waals surface area contributed by atoms with Gasteiger partial charge in [-0.1, -0.05) is 56.2 Å². The largest absolute Gasteiger partial charge is 0.508 e. The van der Waals surface area contributed by atoms with Gasteiger partial charge in [-0.25, -0.2) is 0 Å². The van der Waals surface area contributed by atoms with Crippen molar-refractivity contribution in [2.24, 2.45) is 10.9 Å². The van der Waals surface area contributed by atoms with Crippen molar-refractivity contribution in [3.8, 4) is 5.75 Å². The lowest BCUT2D eigenvalue weighted by Crippen LogP contribution is -2.53. The Morgan fingerprint density at radius 1 is 1.15 bits per heavy atom. The molecule has 6 nitrogen and oxygen atoms in total. The number of furan rings is 1. The van der Waals surface area contributed by atoms with Crippen LogP contribution in [0.2, 0.25) is 0 Å². The van der Waals surface area contributed by atoms with Crippen molar-refractivity contribution < 1.29 is 14.6 Å². The highest BCUT2D eigenvalue weighted by molar-refractivity contribution is 5.84. The zero-order valence-electron chi connectivity index (χ0n) is 24.6. The highest BCUT2D eigenvalue weighted by Gasteiger charge is 2.32. The second-order valence-electron chi connectivity index (χ2n) is 11.4. The van der Waals surface area contributed by atoms with Crippen LogP contribution in [0.25, 0.3) is 11.0 Å². The summed E-state index contributed by atoms with van der Waals surface area (Å²) in [5, 5.41) is 22.2. The van der Waals surface area contributed by atoms with E-state index in [1.54, 1.807) is 18.2 Å². The molecule has 0 saturated carbocycles. The van der Waals surface area contributed by atoms with Crippen LogP contribution in [0.1, 0.15) is 75.6 Å². The predicted molar refractivity (Wildman–Crippen MR) is 160 cm³/mol. The molecule has 1 aliphatic heterocycles. The van der Waals surface area contributed by atoms with Crippen LogP contribution < -0.4 is 0 Å². The Morgan fingerprint density at radius 3 is 2.62 bits per heavy atom. The van der Waals surface area contributed by atoms with Gasteiger partial charge in [0.2, 0.25) is 0 Å². The van der Waals surface area contributed by atoms with E-state index in [4.69, 9.17) is 9.41 Å². The number of rotatable bonds is 9. The van der Waals surface area contributed by atoms with Crippen molar-refractivity contribution in [2.45, 2.75) is 73.1 Å². The normalized spacial score (nSPS) is 20.4. The predicted octanol–water partition coefficient (Wildman–Crippen LogP) is 6.95. The number of piperazine rings is 1. The first-order valence-corrected chi connectivity index (χ1v) is 14.3. The van der Waals surface area contributed by atoms with Gasteiger partial charge < -0.3 is 14.6 Å². The van der Waals surface area contributed by atoms with Crippen molar-refractivity contribution in [1.82, 2.24) is 9.80 Å². The maximum Gasteiger partial charge on any atom is 0.137 e. The van der Waals surface area contributed by atoms with Crippen LogP contribution in [-0.2, 0) is 0 Å². The van der Waals surface area contributed by atoms with Crippen LogP contribution in [0.4, 0.5) is 0 Å². The van der Waals surface area contributed by atoms with Crippen LogP contribution >= 0.6 is 0 Å². The summed E-state index contributed by atoms with van der Waals surface area (Å²) in [7, 11) is 0. The SMILES string of the molecule is CC/C(C)=C(CN1CCN(C(O)c2c(C)oc3ccc(O)cc23)C(C)C1)/N=C\C(C)C(C)c1cccc(C)c1. The molecule has 210 valence electrons. The van der Waals surface area contributed by atoms with Crippen LogP contribution in [0.15, 0.2) is 63.1 Å². The van der Waals surface area contributed by atoms with Gasteiger partial charge in [0, 0.05) is 49.4 Å². The average molecular weight is 532 g/mol. The van der Waals surface area contributed by atoms with E-state index in [9.17, 15) is 10.2 Å². The molecular formula is C33H45N3O3. The zero-order valence-corrected chi connectivity index (χ0v) is 24.6. The first-order chi connectivity index (χ1) is 18.6. The number of aromatic hydroxyl groups is 1. The zero-order chi connectivity index (χ0) is 28.3. The molecule has 2 aromatic carbocycles. The smallest absolute Gasteiger partial charge is 0.137 e. The van der Waals surface area contributed by atoms with Gasteiger partial charge in [-0.2, -0.15) is 0 Å². The highest BCUT2D eigenvalue weighted by Crippen LogP contribution is 2.35. The monoisotopic (exact) mass is 531 g/mol. The Kier molecular flexibility index (Phi) is 9.31. The van der Waals surface area contributed by atoms with Gasteiger partial charge in [0.05, 0.1) is 5.70 Å². The number of fused-ring (bicyclic) bond motifs is 1. The molecule has 0 radical (unpaired) electrons. The lowest BCUT2D eigenvalue weighted by atomic mass is 9.89. The lowest BCUT2D eigenvalue weighted by Gasteiger charge is -2.42. The maximum absolute atomic E-state index is 11.4. The molecule has 2 N–H and O–H groups in total. The summed E-state index contributed by atoms with van der Waals surface area (Å²) in [5.41, 5.74) is 6.53. The van der Waals surface area contributed by atoms with E-state index >= 15 is 0 Å². The number of allylic oxidation sites excluding steroid dienone is 1. The molecule has 3 aromatic rings. The number of aliphatic imine (C=N–C) groups is 1. The third-order valence-electron chi connectivity index (χ3n) is 8.45. The number of aryl methyl sites for hydroxylation is 2. The van der Waals surface area contributed by atoms with Gasteiger partial charge in [0.1, 0.15) is 23.3 Å². The second-order valence-corrected chi connectivity index (χ2v) is 11.4. The quantitative estimate of drug-likeness (QED) is 0.293. The molecule has 0 bridgehead atoms. The van der Waals surface area contributed by atoms with E-state index in [0.29, 0.717) is 23.2 Å². The Balaban J connectivity index is 1.43. The summed E-state index contributed by atoms with van der Waals surface area (Å²) >= 11 is 0. The van der Waals surface area contributed by atoms with Gasteiger partial charge in [0.15, 0.2) is 0 Å². The Morgan fingerprint density at radius 2 is 1.92 bits per heavy atom. The summed E-state index contributed by atoms with van der Waals surface area (Å²) in [6, 6.07) is 13.9. The molecule has 4 atom stereocenters. The van der Waals surface area contributed by atoms with Crippen molar-refractivity contribution in [3.05, 3.63) is 76.2 Å². The van der Waals surface area contributed by atoms with Crippen LogP contribution in [0.5, 0.6) is 5.75 Å². The summed E-state index contributed by atoms with van der Waals surface area (Å²) in [5.74, 6) is 1.57. The van der Waals surface area contributed by atoms with Crippen molar-refractivity contribution >= 4 is 17.2 Å². The Bertz CT molecular complexity index is 1340. The standard InChI is InChI=1S/C33H45N3O3/c1-8-22(3)30(34-18-23(4)25(6)27-11-9-10-21(2)16-27)20-35-14-15-36(24(5)19-35)33(38)32-26(7)39-31-13-12-28(37)17-29(31)32/h9-13,16-18,23-25,33,37-38H,8,14-15,19-20H2,1-7H3/b30-22+,34-18-. The number of aliphatic hydroxyl groups is 1. The van der Waals surface area contributed by atoms with E-state index in [2.05, 4.69) is 81.8 Å². The summed E-state index contributed by atoms with van der Waals surface area (Å²) in [4.78, 5) is 9.62. The third kappa shape index (κ3) is 6.63. The number of hydrogen-bond acceptors (Lipinski definition) is 6. The Labute approximate surface area is 233 Å². The third-order valence-corrected chi connectivity index (χ3v) is 8.45. The molecule has 0 amide bonds. The molecule has 6 heteroatoms. The molecule has 1 aliphatic rings. The molecule has 4 unspecified atom stereocenters. The average Bonchev–Trinajstić information content (AvgIpc) is 3.24. The second kappa shape index (κ2) is 12.5. The topological polar surface area (TPSA) is 72.4 Å². The highest BCUT2D eigenvalue weighted by atomic mass is 16.3.